The molecule has 0 bridgehead atoms. The molecule has 3 aromatic heterocycles. The predicted molar refractivity (Wildman–Crippen MR) is 103 cm³/mol. The smallest absolute Gasteiger partial charge is 0.273 e. The molecule has 4 heterocycles. The molecule has 1 aliphatic heterocycles. The number of ether oxygens (including phenoxy) is 1. The van der Waals surface area contributed by atoms with E-state index in [-0.39, 0.29) is 12.0 Å². The van der Waals surface area contributed by atoms with Gasteiger partial charge >= 0.3 is 0 Å². The first kappa shape index (κ1) is 16.9. The number of carbonyl (C=O) groups excluding carboxylic acids is 1. The van der Waals surface area contributed by atoms with Gasteiger partial charge in [-0.1, -0.05) is 12.1 Å². The Morgan fingerprint density at radius 1 is 1.24 bits per heavy atom. The Bertz CT molecular complexity index is 805. The highest BCUT2D eigenvalue weighted by molar-refractivity contribution is 7.20. The maximum Gasteiger partial charge on any atom is 0.273 e. The third-order valence-corrected chi connectivity index (χ3v) is 6.86. The first-order valence-corrected chi connectivity index (χ1v) is 10.9. The summed E-state index contributed by atoms with van der Waals surface area (Å²) in [5.41, 5.74) is 0.531. The molecule has 1 saturated heterocycles. The fourth-order valence-corrected chi connectivity index (χ4v) is 5.22. The fraction of sp³-hybridized carbons (Fsp3) is 0.333. The highest BCUT2D eigenvalue weighted by Crippen LogP contribution is 2.28. The molecule has 1 fully saturated rings. The molecule has 0 aliphatic carbocycles. The van der Waals surface area contributed by atoms with Crippen molar-refractivity contribution in [3.8, 4) is 9.88 Å². The summed E-state index contributed by atoms with van der Waals surface area (Å²) in [6.07, 6.45) is 2.23. The van der Waals surface area contributed by atoms with Gasteiger partial charge in [0.05, 0.1) is 17.5 Å². The number of nitrogens with zero attached hydrogens (tertiary/aromatic N) is 2. The molecule has 1 unspecified atom stereocenters. The van der Waals surface area contributed by atoms with E-state index in [9.17, 15) is 4.79 Å². The average Bonchev–Trinajstić information content (AvgIpc) is 3.41. The molecule has 4 rings (SSSR count). The minimum absolute atomic E-state index is 0.0112. The Morgan fingerprint density at radius 2 is 2.12 bits per heavy atom. The van der Waals surface area contributed by atoms with Gasteiger partial charge in [-0.25, -0.2) is 4.98 Å². The molecule has 0 radical (unpaired) electrons. The first-order valence-electron chi connectivity index (χ1n) is 8.22. The molecule has 1 amide bonds. The number of carbonyl (C=O) groups is 1. The van der Waals surface area contributed by atoms with Gasteiger partial charge in [-0.3, -0.25) is 4.79 Å². The van der Waals surface area contributed by atoms with Crippen LogP contribution in [-0.4, -0.2) is 35.0 Å². The van der Waals surface area contributed by atoms with Crippen molar-refractivity contribution in [1.29, 1.82) is 0 Å². The lowest BCUT2D eigenvalue weighted by atomic mass is 10.2. The van der Waals surface area contributed by atoms with Crippen LogP contribution in [0, 0.1) is 0 Å². The molecule has 7 heteroatoms. The largest absolute Gasteiger partial charge is 0.376 e. The lowest BCUT2D eigenvalue weighted by molar-refractivity contribution is 0.0506. The highest BCUT2D eigenvalue weighted by atomic mass is 32.1. The molecule has 25 heavy (non-hydrogen) atoms. The lowest BCUT2D eigenvalue weighted by Crippen LogP contribution is -2.36. The number of thiophene rings is 2. The second-order valence-corrected chi connectivity index (χ2v) is 8.75. The molecule has 4 nitrogen and oxygen atoms in total. The Hall–Kier alpha value is -1.54. The van der Waals surface area contributed by atoms with Crippen molar-refractivity contribution >= 4 is 39.9 Å². The summed E-state index contributed by atoms with van der Waals surface area (Å²) in [4.78, 5) is 21.8. The van der Waals surface area contributed by atoms with Crippen LogP contribution in [0.3, 0.4) is 0 Å². The molecule has 1 aliphatic rings. The molecule has 130 valence electrons. The number of rotatable bonds is 6. The van der Waals surface area contributed by atoms with Gasteiger partial charge in [-0.05, 0) is 35.7 Å². The average molecular weight is 391 g/mol. The van der Waals surface area contributed by atoms with Crippen LogP contribution in [0.4, 0.5) is 0 Å². The van der Waals surface area contributed by atoms with Crippen LogP contribution in [0.15, 0.2) is 40.4 Å². The van der Waals surface area contributed by atoms with Crippen LogP contribution in [0.1, 0.15) is 28.2 Å². The van der Waals surface area contributed by atoms with Crippen molar-refractivity contribution in [2.75, 3.05) is 13.2 Å². The van der Waals surface area contributed by atoms with E-state index < -0.39 is 0 Å². The minimum Gasteiger partial charge on any atom is -0.376 e. The van der Waals surface area contributed by atoms with Gasteiger partial charge in [0.1, 0.15) is 10.7 Å². The zero-order valence-corrected chi connectivity index (χ0v) is 16.0. The van der Waals surface area contributed by atoms with E-state index in [1.807, 2.05) is 39.2 Å². The van der Waals surface area contributed by atoms with Crippen molar-refractivity contribution in [3.05, 3.63) is 51.0 Å². The monoisotopic (exact) mass is 390 g/mol. The zero-order chi connectivity index (χ0) is 17.1. The van der Waals surface area contributed by atoms with Gasteiger partial charge in [0.25, 0.3) is 5.91 Å². The van der Waals surface area contributed by atoms with Crippen LogP contribution in [0.25, 0.3) is 9.88 Å². The highest BCUT2D eigenvalue weighted by Gasteiger charge is 2.25. The number of thiazole rings is 1. The van der Waals surface area contributed by atoms with Crippen molar-refractivity contribution in [2.24, 2.45) is 0 Å². The Kier molecular flexibility index (Phi) is 5.26. The van der Waals surface area contributed by atoms with Gasteiger partial charge in [0.2, 0.25) is 0 Å². The summed E-state index contributed by atoms with van der Waals surface area (Å²) in [6, 6.07) is 8.13. The van der Waals surface area contributed by atoms with Crippen LogP contribution < -0.4 is 0 Å². The topological polar surface area (TPSA) is 42.4 Å². The van der Waals surface area contributed by atoms with E-state index in [1.54, 1.807) is 22.7 Å². The standard InChI is InChI=1S/C18H18N2O2S3/c21-18(15-12-25-17(19-15)16-6-3-9-24-16)20(10-13-4-1-7-22-13)11-14-5-2-8-23-14/h2-3,5-6,8-9,12-13H,1,4,7,10-11H2. The molecule has 0 saturated carbocycles. The van der Waals surface area contributed by atoms with Crippen molar-refractivity contribution in [1.82, 2.24) is 9.88 Å². The first-order chi connectivity index (χ1) is 12.3. The van der Waals surface area contributed by atoms with Crippen molar-refractivity contribution in [2.45, 2.75) is 25.5 Å². The van der Waals surface area contributed by atoms with E-state index in [2.05, 4.69) is 11.1 Å². The molecule has 1 atom stereocenters. The second kappa shape index (κ2) is 7.78. The number of hydrogen-bond donors (Lipinski definition) is 0. The third-order valence-electron chi connectivity index (χ3n) is 4.12. The molecular weight excluding hydrogens is 372 g/mol. The molecule has 3 aromatic rings. The van der Waals surface area contributed by atoms with E-state index in [0.29, 0.717) is 18.8 Å². The predicted octanol–water partition coefficient (Wildman–Crippen LogP) is 4.75. The summed E-state index contributed by atoms with van der Waals surface area (Å²) >= 11 is 4.85. The maximum absolute atomic E-state index is 13.1. The van der Waals surface area contributed by atoms with Crippen molar-refractivity contribution < 1.29 is 9.53 Å². The van der Waals surface area contributed by atoms with E-state index in [1.165, 1.54) is 16.2 Å². The van der Waals surface area contributed by atoms with Gasteiger partial charge in [0, 0.05) is 23.4 Å². The SMILES string of the molecule is O=C(c1csc(-c2cccs2)n1)N(Cc1cccs1)CC1CCCO1. The van der Waals surface area contributed by atoms with E-state index in [4.69, 9.17) is 4.74 Å². The Balaban J connectivity index is 1.53. The minimum atomic E-state index is -0.0112. The molecule has 0 spiro atoms. The van der Waals surface area contributed by atoms with Crippen LogP contribution in [0.5, 0.6) is 0 Å². The number of hydrogen-bond acceptors (Lipinski definition) is 6. The normalized spacial score (nSPS) is 17.0. The maximum atomic E-state index is 13.1. The number of aromatic nitrogens is 1. The quantitative estimate of drug-likeness (QED) is 0.610. The molecular formula is C18H18N2O2S3. The lowest BCUT2D eigenvalue weighted by Gasteiger charge is -2.24. The van der Waals surface area contributed by atoms with Crippen LogP contribution in [0.2, 0.25) is 0 Å². The van der Waals surface area contributed by atoms with E-state index >= 15 is 0 Å². The summed E-state index contributed by atoms with van der Waals surface area (Å²) < 4.78 is 5.75. The molecule has 0 N–H and O–H groups in total. The summed E-state index contributed by atoms with van der Waals surface area (Å²) in [5, 5.41) is 6.85. The summed E-state index contributed by atoms with van der Waals surface area (Å²) in [5.74, 6) is -0.0112. The van der Waals surface area contributed by atoms with Crippen LogP contribution >= 0.6 is 34.0 Å². The Labute approximate surface area is 158 Å². The summed E-state index contributed by atoms with van der Waals surface area (Å²) in [7, 11) is 0. The molecule has 0 aromatic carbocycles. The third kappa shape index (κ3) is 4.00. The zero-order valence-electron chi connectivity index (χ0n) is 13.6. The van der Waals surface area contributed by atoms with Gasteiger partial charge in [-0.15, -0.1) is 34.0 Å². The van der Waals surface area contributed by atoms with Gasteiger partial charge in [-0.2, -0.15) is 0 Å². The second-order valence-electron chi connectivity index (χ2n) is 5.92. The van der Waals surface area contributed by atoms with E-state index in [0.717, 1.165) is 29.3 Å². The fourth-order valence-electron chi connectivity index (χ4n) is 2.89. The van der Waals surface area contributed by atoms with Crippen LogP contribution in [-0.2, 0) is 11.3 Å². The van der Waals surface area contributed by atoms with Gasteiger partial charge in [0.15, 0.2) is 0 Å². The Morgan fingerprint density at radius 3 is 2.84 bits per heavy atom. The summed E-state index contributed by atoms with van der Waals surface area (Å²) in [6.45, 7) is 2.04. The van der Waals surface area contributed by atoms with Gasteiger partial charge < -0.3 is 9.64 Å². The number of amides is 1. The van der Waals surface area contributed by atoms with Crippen molar-refractivity contribution in [3.63, 3.8) is 0 Å².